The Bertz CT molecular complexity index is 2120. The van der Waals surface area contributed by atoms with Crippen molar-refractivity contribution in [2.75, 3.05) is 23.9 Å². The number of fused-ring (bicyclic) bond motifs is 1. The fourth-order valence-electron chi connectivity index (χ4n) is 6.52. The largest absolute Gasteiger partial charge is 0.457 e. The van der Waals surface area contributed by atoms with Crippen molar-refractivity contribution in [1.82, 2.24) is 0 Å². The van der Waals surface area contributed by atoms with Crippen molar-refractivity contribution in [2.45, 2.75) is 53.9 Å². The predicted octanol–water partition coefficient (Wildman–Crippen LogP) is 9.90. The van der Waals surface area contributed by atoms with E-state index in [0.717, 1.165) is 50.1 Å². The molecule has 1 heterocycles. The summed E-state index contributed by atoms with van der Waals surface area (Å²) in [5, 5.41) is 0. The number of carbonyl (C=O) groups excluding carboxylic acids is 3. The number of ether oxygens (including phenoxy) is 2. The summed E-state index contributed by atoms with van der Waals surface area (Å²) >= 11 is 0. The molecule has 5 aromatic rings. The number of imide groups is 1. The Labute approximate surface area is 294 Å². The molecule has 254 valence electrons. The van der Waals surface area contributed by atoms with Crippen LogP contribution in [-0.4, -0.2) is 31.7 Å². The normalized spacial score (nSPS) is 12.6. The molecule has 0 unspecified atom stereocenters. The van der Waals surface area contributed by atoms with Gasteiger partial charge in [0.15, 0.2) is 5.78 Å². The molecule has 0 N–H and O–H groups in total. The zero-order valence-corrected chi connectivity index (χ0v) is 30.1. The molecule has 0 atom stereocenters. The molecule has 0 fully saturated rings. The number of aryl methyl sites for hydroxylation is 4. The fraction of sp³-hybridized carbons (Fsp3) is 0.233. The van der Waals surface area contributed by atoms with Gasteiger partial charge in [0.2, 0.25) is 0 Å². The second-order valence-corrected chi connectivity index (χ2v) is 13.9. The summed E-state index contributed by atoms with van der Waals surface area (Å²) in [5.74, 6) is 1.98. The van der Waals surface area contributed by atoms with Gasteiger partial charge in [-0.15, -0.1) is 0 Å². The van der Waals surface area contributed by atoms with Gasteiger partial charge < -0.3 is 14.4 Å². The Hall–Kier alpha value is -5.69. The lowest BCUT2D eigenvalue weighted by atomic mass is 9.76. The monoisotopic (exact) mass is 666 g/mol. The first-order valence-electron chi connectivity index (χ1n) is 16.7. The highest BCUT2D eigenvalue weighted by Crippen LogP contribution is 2.41. The van der Waals surface area contributed by atoms with E-state index >= 15 is 0 Å². The number of carbonyl (C=O) groups is 3. The summed E-state index contributed by atoms with van der Waals surface area (Å²) in [6, 6.07) is 28.4. The van der Waals surface area contributed by atoms with Crippen LogP contribution in [0.15, 0.2) is 91.0 Å². The van der Waals surface area contributed by atoms with Gasteiger partial charge in [-0.1, -0.05) is 44.2 Å². The van der Waals surface area contributed by atoms with E-state index in [2.05, 4.69) is 69.0 Å². The molecule has 0 radical (unpaired) electrons. The zero-order valence-electron chi connectivity index (χ0n) is 30.1. The summed E-state index contributed by atoms with van der Waals surface area (Å²) in [5.41, 5.74) is 8.66. The first-order valence-corrected chi connectivity index (χ1v) is 16.7. The number of hydrogen-bond donors (Lipinski definition) is 0. The van der Waals surface area contributed by atoms with Crippen LogP contribution in [0, 0.1) is 27.7 Å². The summed E-state index contributed by atoms with van der Waals surface area (Å²) < 4.78 is 12.7. The third-order valence-electron chi connectivity index (χ3n) is 9.54. The summed E-state index contributed by atoms with van der Waals surface area (Å²) in [6.07, 6.45) is 0. The molecule has 0 aliphatic carbocycles. The number of ketones is 1. The quantitative estimate of drug-likeness (QED) is 0.115. The van der Waals surface area contributed by atoms with Gasteiger partial charge in [-0.3, -0.25) is 14.4 Å². The van der Waals surface area contributed by atoms with E-state index < -0.39 is 11.8 Å². The third-order valence-corrected chi connectivity index (χ3v) is 9.54. The van der Waals surface area contributed by atoms with Crippen LogP contribution in [-0.2, 0) is 5.41 Å². The van der Waals surface area contributed by atoms with Crippen molar-refractivity contribution < 1.29 is 23.9 Å². The third kappa shape index (κ3) is 6.27. The van der Waals surface area contributed by atoms with Crippen molar-refractivity contribution >= 4 is 29.0 Å². The maximum absolute atomic E-state index is 13.2. The molecule has 1 aliphatic heterocycles. The SMILES string of the molecule is CC(=O)c1ccc2c(c1)C(=O)N(c1ccc(Oc3c(C)cc(C(C)(C)c4cc(C)c(Oc5ccc(N(C)C)cc5)c(C)c4)cc3C)cc1)C2=O. The second-order valence-electron chi connectivity index (χ2n) is 13.9. The molecule has 0 saturated heterocycles. The van der Waals surface area contributed by atoms with E-state index in [1.807, 2.05) is 40.1 Å². The lowest BCUT2D eigenvalue weighted by Gasteiger charge is -2.29. The van der Waals surface area contributed by atoms with Crippen molar-refractivity contribution in [3.63, 3.8) is 0 Å². The van der Waals surface area contributed by atoms with Crippen molar-refractivity contribution in [2.24, 2.45) is 0 Å². The van der Waals surface area contributed by atoms with Crippen LogP contribution in [0.1, 0.15) is 85.2 Å². The molecule has 1 aliphatic rings. The number of hydrogen-bond acceptors (Lipinski definition) is 6. The minimum absolute atomic E-state index is 0.164. The van der Waals surface area contributed by atoms with Gasteiger partial charge in [0.1, 0.15) is 23.0 Å². The number of anilines is 2. The molecule has 0 aromatic heterocycles. The van der Waals surface area contributed by atoms with E-state index in [9.17, 15) is 14.4 Å². The van der Waals surface area contributed by atoms with Crippen LogP contribution in [0.2, 0.25) is 0 Å². The molecule has 6 rings (SSSR count). The van der Waals surface area contributed by atoms with Crippen molar-refractivity contribution in [3.8, 4) is 23.0 Å². The number of rotatable bonds is 9. The number of Topliss-reactive ketones (excluding diaryl/α,β-unsaturated/α-hetero) is 1. The van der Waals surface area contributed by atoms with Gasteiger partial charge in [-0.25, -0.2) is 4.90 Å². The van der Waals surface area contributed by atoms with Crippen LogP contribution >= 0.6 is 0 Å². The van der Waals surface area contributed by atoms with E-state index in [0.29, 0.717) is 17.0 Å². The Morgan fingerprint density at radius 1 is 0.620 bits per heavy atom. The average molecular weight is 667 g/mol. The van der Waals surface area contributed by atoms with E-state index in [4.69, 9.17) is 9.47 Å². The zero-order chi connectivity index (χ0) is 36.1. The van der Waals surface area contributed by atoms with Crippen molar-refractivity contribution in [3.05, 3.63) is 141 Å². The second kappa shape index (κ2) is 13.0. The molecule has 50 heavy (non-hydrogen) atoms. The molecule has 0 bridgehead atoms. The van der Waals surface area contributed by atoms with Gasteiger partial charge in [-0.05, 0) is 129 Å². The highest BCUT2D eigenvalue weighted by atomic mass is 16.5. The Kier molecular flexibility index (Phi) is 8.87. The van der Waals surface area contributed by atoms with Crippen LogP contribution in [0.25, 0.3) is 0 Å². The van der Waals surface area contributed by atoms with Crippen molar-refractivity contribution in [1.29, 1.82) is 0 Å². The Balaban J connectivity index is 1.20. The van der Waals surface area contributed by atoms with Gasteiger partial charge in [0.25, 0.3) is 11.8 Å². The maximum atomic E-state index is 13.2. The first kappa shape index (κ1) is 34.2. The molecule has 5 aromatic carbocycles. The number of nitrogens with zero attached hydrogens (tertiary/aromatic N) is 2. The number of benzene rings is 5. The topological polar surface area (TPSA) is 76.2 Å². The fourth-order valence-corrected chi connectivity index (χ4v) is 6.52. The highest BCUT2D eigenvalue weighted by molar-refractivity contribution is 6.34. The van der Waals surface area contributed by atoms with Crippen LogP contribution in [0.4, 0.5) is 11.4 Å². The predicted molar refractivity (Wildman–Crippen MR) is 199 cm³/mol. The van der Waals surface area contributed by atoms with Crippen LogP contribution in [0.3, 0.4) is 0 Å². The molecular formula is C43H42N2O5. The lowest BCUT2D eigenvalue weighted by Crippen LogP contribution is -2.29. The molecule has 7 heteroatoms. The van der Waals surface area contributed by atoms with Gasteiger partial charge in [0, 0.05) is 30.8 Å². The molecule has 2 amide bonds. The Morgan fingerprint density at radius 2 is 1.06 bits per heavy atom. The molecular weight excluding hydrogens is 624 g/mol. The minimum Gasteiger partial charge on any atom is -0.457 e. The van der Waals surface area contributed by atoms with Gasteiger partial charge >= 0.3 is 0 Å². The number of amides is 2. The molecule has 7 nitrogen and oxygen atoms in total. The Morgan fingerprint density at radius 3 is 1.50 bits per heavy atom. The van der Waals surface area contributed by atoms with Crippen LogP contribution < -0.4 is 19.3 Å². The van der Waals surface area contributed by atoms with Gasteiger partial charge in [0.05, 0.1) is 16.8 Å². The summed E-state index contributed by atoms with van der Waals surface area (Å²) in [6.45, 7) is 14.2. The smallest absolute Gasteiger partial charge is 0.266 e. The summed E-state index contributed by atoms with van der Waals surface area (Å²) in [4.78, 5) is 41.3. The van der Waals surface area contributed by atoms with Crippen LogP contribution in [0.5, 0.6) is 23.0 Å². The van der Waals surface area contributed by atoms with E-state index in [1.54, 1.807) is 36.4 Å². The minimum atomic E-state index is -0.450. The maximum Gasteiger partial charge on any atom is 0.266 e. The standard InChI is InChI=1S/C43H42N2O5/c1-25-20-31(21-26(2)39(25)49-35-15-11-33(12-16-35)44(8)9)43(6,7)32-22-27(3)40(28(4)23-32)50-36-17-13-34(14-18-36)45-41(47)37-19-10-30(29(5)46)24-38(37)42(45)48/h10-24H,1-9H3. The highest BCUT2D eigenvalue weighted by Gasteiger charge is 2.37. The molecule has 0 spiro atoms. The van der Waals surface area contributed by atoms with Gasteiger partial charge in [-0.2, -0.15) is 0 Å². The molecule has 0 saturated carbocycles. The lowest BCUT2D eigenvalue weighted by molar-refractivity contribution is 0.0925. The summed E-state index contributed by atoms with van der Waals surface area (Å²) in [7, 11) is 4.04. The first-order chi connectivity index (χ1) is 23.6. The van der Waals surface area contributed by atoms with E-state index in [1.165, 1.54) is 24.1 Å². The van der Waals surface area contributed by atoms with E-state index in [-0.39, 0.29) is 22.3 Å². The average Bonchev–Trinajstić information content (AvgIpc) is 3.33.